The lowest BCUT2D eigenvalue weighted by Crippen LogP contribution is -2.28. The summed E-state index contributed by atoms with van der Waals surface area (Å²) in [7, 11) is 0. The van der Waals surface area contributed by atoms with E-state index < -0.39 is 24.1 Å². The molecule has 1 aliphatic heterocycles. The Hall–Kier alpha value is -1.88. The maximum absolute atomic E-state index is 11.7. The quantitative estimate of drug-likeness (QED) is 0.549. The van der Waals surface area contributed by atoms with Gasteiger partial charge in [-0.25, -0.2) is 4.79 Å². The highest BCUT2D eigenvalue weighted by Crippen LogP contribution is 2.27. The van der Waals surface area contributed by atoms with E-state index in [1.807, 2.05) is 0 Å². The molecule has 1 saturated heterocycles. The van der Waals surface area contributed by atoms with Crippen LogP contribution < -0.4 is 11.4 Å². The molecule has 3 atom stereocenters. The summed E-state index contributed by atoms with van der Waals surface area (Å²) in [6.45, 7) is -0.323. The van der Waals surface area contributed by atoms with E-state index in [4.69, 9.17) is 22.0 Å². The molecule has 0 saturated carbocycles. The van der Waals surface area contributed by atoms with E-state index in [0.29, 0.717) is 0 Å². The molecule has 1 aliphatic rings. The third-order valence-corrected chi connectivity index (χ3v) is 2.83. The Morgan fingerprint density at radius 1 is 1.72 bits per heavy atom. The molecule has 2 rings (SSSR count). The second-order valence-electron chi connectivity index (χ2n) is 3.99. The van der Waals surface area contributed by atoms with Crippen molar-refractivity contribution < 1.29 is 14.9 Å². The number of terminal acetylenes is 1. The second kappa shape index (κ2) is 4.78. The van der Waals surface area contributed by atoms with Gasteiger partial charge in [-0.1, -0.05) is 5.92 Å². The first-order valence-corrected chi connectivity index (χ1v) is 5.36. The molecule has 4 N–H and O–H groups in total. The fourth-order valence-corrected chi connectivity index (χ4v) is 1.85. The third kappa shape index (κ3) is 2.09. The first-order valence-electron chi connectivity index (χ1n) is 5.36. The van der Waals surface area contributed by atoms with E-state index in [1.54, 1.807) is 0 Å². The smallest absolute Gasteiger partial charge is 0.351 e. The first-order chi connectivity index (χ1) is 8.56. The molecule has 7 nitrogen and oxygen atoms in total. The molecule has 0 aliphatic carbocycles. The number of hydrogen-bond donors (Lipinski definition) is 3. The van der Waals surface area contributed by atoms with Crippen molar-refractivity contribution in [3.63, 3.8) is 0 Å². The van der Waals surface area contributed by atoms with Crippen LogP contribution in [-0.2, 0) is 4.74 Å². The zero-order valence-electron chi connectivity index (χ0n) is 9.48. The highest BCUT2D eigenvalue weighted by atomic mass is 16.5. The fourth-order valence-electron chi connectivity index (χ4n) is 1.85. The Labute approximate surface area is 103 Å². The lowest BCUT2D eigenvalue weighted by Gasteiger charge is -2.14. The lowest BCUT2D eigenvalue weighted by molar-refractivity contribution is -0.0458. The first kappa shape index (κ1) is 12.6. The van der Waals surface area contributed by atoms with E-state index in [2.05, 4.69) is 10.9 Å². The van der Waals surface area contributed by atoms with Crippen LogP contribution in [0.4, 0.5) is 5.82 Å². The maximum Gasteiger partial charge on any atom is 0.351 e. The molecule has 1 fully saturated rings. The number of anilines is 1. The molecule has 3 unspecified atom stereocenters. The molecule has 1 aromatic rings. The Kier molecular flexibility index (Phi) is 3.34. The van der Waals surface area contributed by atoms with Crippen LogP contribution >= 0.6 is 0 Å². The zero-order chi connectivity index (χ0) is 13.3. The number of nitrogens with two attached hydrogens (primary N) is 1. The fraction of sp³-hybridized carbons (Fsp3) is 0.455. The van der Waals surface area contributed by atoms with Gasteiger partial charge in [0.2, 0.25) is 0 Å². The van der Waals surface area contributed by atoms with Gasteiger partial charge in [-0.2, -0.15) is 4.98 Å². The zero-order valence-corrected chi connectivity index (χ0v) is 9.48. The molecular weight excluding hydrogens is 238 g/mol. The van der Waals surface area contributed by atoms with E-state index in [9.17, 15) is 9.90 Å². The average molecular weight is 251 g/mol. The number of nitrogen functional groups attached to an aromatic ring is 1. The van der Waals surface area contributed by atoms with Gasteiger partial charge in [-0.05, 0) is 0 Å². The van der Waals surface area contributed by atoms with Gasteiger partial charge in [0.15, 0.2) is 0 Å². The summed E-state index contributed by atoms with van der Waals surface area (Å²) in [4.78, 5) is 15.3. The van der Waals surface area contributed by atoms with Crippen LogP contribution in [0.1, 0.15) is 18.2 Å². The number of aromatic nitrogens is 2. The minimum absolute atomic E-state index is 0.0176. The molecular formula is C11H13N3O4. The van der Waals surface area contributed by atoms with Crippen LogP contribution in [0, 0.1) is 12.3 Å². The number of hydrogen-bond acceptors (Lipinski definition) is 6. The number of rotatable bonds is 2. The van der Waals surface area contributed by atoms with Crippen molar-refractivity contribution in [1.29, 1.82) is 0 Å². The SMILES string of the molecule is C#Cc1cn(C2CC(O)C(CO)O2)c(=O)nc1N. The summed E-state index contributed by atoms with van der Waals surface area (Å²) < 4.78 is 6.51. The minimum atomic E-state index is -0.835. The molecule has 18 heavy (non-hydrogen) atoms. The van der Waals surface area contributed by atoms with E-state index in [-0.39, 0.29) is 24.4 Å². The number of nitrogens with zero attached hydrogens (tertiary/aromatic N) is 2. The van der Waals surface area contributed by atoms with E-state index in [1.165, 1.54) is 10.8 Å². The van der Waals surface area contributed by atoms with Crippen LogP contribution in [0.2, 0.25) is 0 Å². The summed E-state index contributed by atoms with van der Waals surface area (Å²) in [5, 5.41) is 18.6. The maximum atomic E-state index is 11.7. The Morgan fingerprint density at radius 3 is 3.00 bits per heavy atom. The van der Waals surface area contributed by atoms with Crippen molar-refractivity contribution in [3.8, 4) is 12.3 Å². The largest absolute Gasteiger partial charge is 0.394 e. The van der Waals surface area contributed by atoms with Crippen LogP contribution in [0.15, 0.2) is 11.0 Å². The Bertz CT molecular complexity index is 548. The van der Waals surface area contributed by atoms with E-state index in [0.717, 1.165) is 0 Å². The van der Waals surface area contributed by atoms with E-state index >= 15 is 0 Å². The van der Waals surface area contributed by atoms with Gasteiger partial charge >= 0.3 is 5.69 Å². The van der Waals surface area contributed by atoms with Crippen molar-refractivity contribution >= 4 is 5.82 Å². The third-order valence-electron chi connectivity index (χ3n) is 2.83. The molecule has 2 heterocycles. The predicted molar refractivity (Wildman–Crippen MR) is 62.5 cm³/mol. The van der Waals surface area contributed by atoms with Crippen molar-refractivity contribution in [3.05, 3.63) is 22.2 Å². The number of ether oxygens (including phenoxy) is 1. The van der Waals surface area contributed by atoms with Crippen LogP contribution in [0.5, 0.6) is 0 Å². The van der Waals surface area contributed by atoms with Gasteiger partial charge < -0.3 is 20.7 Å². The van der Waals surface area contributed by atoms with Crippen molar-refractivity contribution in [2.75, 3.05) is 12.3 Å². The van der Waals surface area contributed by atoms with Crippen LogP contribution in [0.3, 0.4) is 0 Å². The topological polar surface area (TPSA) is 111 Å². The summed E-state index contributed by atoms with van der Waals surface area (Å²) >= 11 is 0. The Balaban J connectivity index is 2.36. The predicted octanol–water partition coefficient (Wildman–Crippen LogP) is -1.55. The molecule has 0 aromatic carbocycles. The molecule has 7 heteroatoms. The highest BCUT2D eigenvalue weighted by molar-refractivity contribution is 5.47. The molecule has 0 spiro atoms. The summed E-state index contributed by atoms with van der Waals surface area (Å²) in [5.41, 5.74) is 5.15. The van der Waals surface area contributed by atoms with Crippen LogP contribution in [0.25, 0.3) is 0 Å². The monoisotopic (exact) mass is 251 g/mol. The van der Waals surface area contributed by atoms with Gasteiger partial charge in [0.05, 0.1) is 18.3 Å². The highest BCUT2D eigenvalue weighted by Gasteiger charge is 2.35. The normalized spacial score (nSPS) is 27.1. The van der Waals surface area contributed by atoms with Crippen LogP contribution in [-0.4, -0.2) is 38.6 Å². The summed E-state index contributed by atoms with van der Waals surface area (Å²) in [5.74, 6) is 2.29. The van der Waals surface area contributed by atoms with Gasteiger partial charge in [-0.15, -0.1) is 6.42 Å². The van der Waals surface area contributed by atoms with Crippen molar-refractivity contribution in [2.45, 2.75) is 24.9 Å². The van der Waals surface area contributed by atoms with Gasteiger partial charge in [0.25, 0.3) is 0 Å². The molecule has 0 bridgehead atoms. The van der Waals surface area contributed by atoms with Gasteiger partial charge in [0.1, 0.15) is 18.1 Å². The van der Waals surface area contributed by atoms with Gasteiger partial charge in [-0.3, -0.25) is 4.57 Å². The van der Waals surface area contributed by atoms with Crippen molar-refractivity contribution in [2.24, 2.45) is 0 Å². The molecule has 0 amide bonds. The molecule has 96 valence electrons. The number of aliphatic hydroxyl groups is 2. The van der Waals surface area contributed by atoms with Gasteiger partial charge in [0, 0.05) is 12.6 Å². The van der Waals surface area contributed by atoms with Crippen molar-refractivity contribution in [1.82, 2.24) is 9.55 Å². The Morgan fingerprint density at radius 2 is 2.44 bits per heavy atom. The molecule has 0 radical (unpaired) electrons. The standard InChI is InChI=1S/C11H13N3O4/c1-2-6-4-14(11(17)13-10(6)12)9-3-7(16)8(5-15)18-9/h1,4,7-9,15-16H,3,5H2,(H2,12,13,17). The minimum Gasteiger partial charge on any atom is -0.394 e. The molecule has 1 aromatic heterocycles. The average Bonchev–Trinajstić information content (AvgIpc) is 2.70. The summed E-state index contributed by atoms with van der Waals surface area (Å²) in [6.07, 6.45) is 4.53. The number of aliphatic hydroxyl groups excluding tert-OH is 2. The summed E-state index contributed by atoms with van der Waals surface area (Å²) in [6, 6.07) is 0. The lowest BCUT2D eigenvalue weighted by atomic mass is 10.2. The second-order valence-corrected chi connectivity index (χ2v) is 3.99.